The van der Waals surface area contributed by atoms with Gasteiger partial charge in [0.1, 0.15) is 28.1 Å². The Morgan fingerprint density at radius 1 is 1.25 bits per heavy atom. The van der Waals surface area contributed by atoms with Crippen molar-refractivity contribution in [2.75, 3.05) is 12.4 Å². The second-order valence-electron chi connectivity index (χ2n) is 7.14. The molecule has 182 valence electrons. The molecule has 1 N–H and O–H groups in total. The fourth-order valence-electron chi connectivity index (χ4n) is 3.42. The number of nitro benzene ring substituents is 1. The fraction of sp³-hybridized carbons (Fsp3) is 0.333. The van der Waals surface area contributed by atoms with Gasteiger partial charge in [0.2, 0.25) is 5.91 Å². The molecule has 2 heterocycles. The summed E-state index contributed by atoms with van der Waals surface area (Å²) < 4.78 is 40.1. The van der Waals surface area contributed by atoms with E-state index in [1.165, 1.54) is 0 Å². The van der Waals surface area contributed by atoms with Gasteiger partial charge in [-0.15, -0.1) is 11.8 Å². The third-order valence-electron chi connectivity index (χ3n) is 4.92. The molecule has 3 atom stereocenters. The first-order chi connectivity index (χ1) is 15.8. The summed E-state index contributed by atoms with van der Waals surface area (Å²) in [7, 11) is -5.30. The Balaban J connectivity index is 0.00000324. The van der Waals surface area contributed by atoms with Crippen LogP contribution in [-0.2, 0) is 34.0 Å². The van der Waals surface area contributed by atoms with E-state index >= 15 is 0 Å². The van der Waals surface area contributed by atoms with Crippen molar-refractivity contribution in [2.45, 2.75) is 23.6 Å². The van der Waals surface area contributed by atoms with Crippen LogP contribution in [0.25, 0.3) is 0 Å². The summed E-state index contributed by atoms with van der Waals surface area (Å²) in [5.41, 5.74) is -1.18. The summed E-state index contributed by atoms with van der Waals surface area (Å²) in [5.74, 6) is -4.64. The number of thioether (sulfide) groups is 1. The molecule has 2 amide bonds. The van der Waals surface area contributed by atoms with Crippen LogP contribution in [-0.4, -0.2) is 70.3 Å². The standard InChI is InChI=1S/C18H17N3O11S2.2Na/c1-8(22)32-6-10-7-33-17-12(16(24)20(17)13(10)18(25)26)19-15(23)14(34(29,30)31)9-2-4-11(5-3-9)21(27)28;;/h2-5,12,14,17H,6-7H2,1H3,(H,19,23)(H,25,26)(H,29,30,31);;/q;2*+1/p-2/t12-,14?,17-;;/m1../s1. The molecule has 0 radical (unpaired) electrons. The first-order valence-corrected chi connectivity index (χ1v) is 11.9. The quantitative estimate of drug-likeness (QED) is 0.0785. The van der Waals surface area contributed by atoms with Gasteiger partial charge in [-0.25, -0.2) is 8.42 Å². The maximum absolute atomic E-state index is 12.7. The second-order valence-corrected chi connectivity index (χ2v) is 9.70. The van der Waals surface area contributed by atoms with E-state index in [0.717, 1.165) is 47.9 Å². The van der Waals surface area contributed by atoms with E-state index in [1.807, 2.05) is 0 Å². The summed E-state index contributed by atoms with van der Waals surface area (Å²) in [4.78, 5) is 58.8. The zero-order chi connectivity index (χ0) is 25.4. The number of nitro groups is 1. The van der Waals surface area contributed by atoms with Gasteiger partial charge < -0.3 is 24.5 Å². The predicted octanol–water partition coefficient (Wildman–Crippen LogP) is -7.84. The SMILES string of the molecule is CC(=O)OCC1=C(C(=O)[O-])N2C(=O)[C@@H](NC(=O)C(c3ccc([N+](=O)[O-])cc3)S(=O)(=O)[O-])[C@H]2SC1.[Na+].[Na+]. The van der Waals surface area contributed by atoms with Crippen molar-refractivity contribution >= 4 is 51.3 Å². The van der Waals surface area contributed by atoms with Crippen LogP contribution in [0.15, 0.2) is 35.5 Å². The molecular weight excluding hydrogens is 544 g/mol. The number of β-lactam (4-membered cyclic amide) rings is 1. The largest absolute Gasteiger partial charge is 1.00 e. The van der Waals surface area contributed by atoms with Gasteiger partial charge in [-0.2, -0.15) is 0 Å². The molecule has 1 aromatic carbocycles. The minimum absolute atomic E-state index is 0. The maximum atomic E-state index is 12.7. The molecule has 1 unspecified atom stereocenters. The topological polar surface area (TPSA) is 216 Å². The summed E-state index contributed by atoms with van der Waals surface area (Å²) >= 11 is 1.02. The van der Waals surface area contributed by atoms with Crippen LogP contribution < -0.4 is 69.5 Å². The average molecular weight is 559 g/mol. The van der Waals surface area contributed by atoms with Crippen LogP contribution in [0, 0.1) is 10.1 Å². The van der Waals surface area contributed by atoms with Gasteiger partial charge in [-0.05, 0) is 5.56 Å². The Bertz CT molecular complexity index is 1220. The number of carbonyl (C=O) groups excluding carboxylic acids is 4. The number of ether oxygens (including phenoxy) is 1. The Hall–Kier alpha value is -1.50. The Morgan fingerprint density at radius 3 is 2.31 bits per heavy atom. The molecule has 18 heteroatoms. The first kappa shape index (κ1) is 32.5. The number of hydrogen-bond acceptors (Lipinski definition) is 12. The van der Waals surface area contributed by atoms with Crippen molar-refractivity contribution in [1.82, 2.24) is 10.2 Å². The zero-order valence-corrected chi connectivity index (χ0v) is 24.8. The minimum Gasteiger partial charge on any atom is -0.747 e. The number of benzene rings is 1. The van der Waals surface area contributed by atoms with Crippen molar-refractivity contribution in [2.24, 2.45) is 0 Å². The third kappa shape index (κ3) is 6.87. The van der Waals surface area contributed by atoms with Crippen molar-refractivity contribution in [3.05, 3.63) is 51.2 Å². The minimum atomic E-state index is -5.30. The van der Waals surface area contributed by atoms with Crippen LogP contribution in [0.5, 0.6) is 0 Å². The third-order valence-corrected chi connectivity index (χ3v) is 7.32. The van der Waals surface area contributed by atoms with E-state index in [0.29, 0.717) is 0 Å². The molecule has 0 saturated carbocycles. The van der Waals surface area contributed by atoms with Gasteiger partial charge in [0, 0.05) is 30.4 Å². The van der Waals surface area contributed by atoms with E-state index < -0.39 is 73.5 Å². The summed E-state index contributed by atoms with van der Waals surface area (Å²) in [6.45, 7) is 0.722. The molecule has 0 aliphatic carbocycles. The van der Waals surface area contributed by atoms with E-state index in [9.17, 15) is 47.4 Å². The Morgan fingerprint density at radius 2 is 1.83 bits per heavy atom. The van der Waals surface area contributed by atoms with Crippen molar-refractivity contribution in [1.29, 1.82) is 0 Å². The molecule has 1 aromatic rings. The smallest absolute Gasteiger partial charge is 0.747 e. The van der Waals surface area contributed by atoms with E-state index in [2.05, 4.69) is 5.32 Å². The van der Waals surface area contributed by atoms with E-state index in [-0.39, 0.29) is 76.0 Å². The van der Waals surface area contributed by atoms with E-state index in [4.69, 9.17) is 4.74 Å². The summed E-state index contributed by atoms with van der Waals surface area (Å²) in [6, 6.07) is 2.33. The van der Waals surface area contributed by atoms with Gasteiger partial charge in [-0.3, -0.25) is 29.4 Å². The molecule has 1 saturated heterocycles. The second kappa shape index (κ2) is 12.8. The Kier molecular flexibility index (Phi) is 11.6. The average Bonchev–Trinajstić information content (AvgIpc) is 2.74. The molecule has 14 nitrogen and oxygen atoms in total. The van der Waals surface area contributed by atoms with Gasteiger partial charge >= 0.3 is 65.1 Å². The summed E-state index contributed by atoms with van der Waals surface area (Å²) in [6.07, 6.45) is 0. The molecule has 2 aliphatic rings. The van der Waals surface area contributed by atoms with Gasteiger partial charge in [-0.1, -0.05) is 12.1 Å². The monoisotopic (exact) mass is 559 g/mol. The summed E-state index contributed by atoms with van der Waals surface area (Å²) in [5, 5.41) is 21.3. The van der Waals surface area contributed by atoms with Gasteiger partial charge in [0.25, 0.3) is 11.6 Å². The number of esters is 1. The zero-order valence-electron chi connectivity index (χ0n) is 19.2. The number of carboxylic acid groups (broad SMARTS) is 1. The number of rotatable bonds is 8. The van der Waals surface area contributed by atoms with Crippen LogP contribution in [0.1, 0.15) is 17.7 Å². The maximum Gasteiger partial charge on any atom is 1.00 e. The number of non-ortho nitro benzene ring substituents is 1. The number of nitrogens with zero attached hydrogens (tertiary/aromatic N) is 2. The molecule has 0 aromatic heterocycles. The molecule has 0 spiro atoms. The van der Waals surface area contributed by atoms with Crippen molar-refractivity contribution < 1.29 is 106 Å². The van der Waals surface area contributed by atoms with Crippen LogP contribution in [0.2, 0.25) is 0 Å². The van der Waals surface area contributed by atoms with Crippen LogP contribution >= 0.6 is 11.8 Å². The number of nitrogens with one attached hydrogen (secondary N) is 1. The molecule has 1 fully saturated rings. The number of hydrogen-bond donors (Lipinski definition) is 1. The van der Waals surface area contributed by atoms with Crippen LogP contribution in [0.4, 0.5) is 5.69 Å². The number of fused-ring (bicyclic) bond motifs is 1. The number of amides is 2. The fourth-order valence-corrected chi connectivity index (χ4v) is 5.57. The molecule has 2 aliphatic heterocycles. The van der Waals surface area contributed by atoms with Gasteiger partial charge in [0.05, 0.1) is 16.6 Å². The predicted molar refractivity (Wildman–Crippen MR) is 109 cm³/mol. The molecule has 36 heavy (non-hydrogen) atoms. The molecular formula is C18H15N3Na2O11S2. The normalized spacial score (nSPS) is 19.5. The van der Waals surface area contributed by atoms with Gasteiger partial charge in [0.15, 0.2) is 5.25 Å². The first-order valence-electron chi connectivity index (χ1n) is 9.33. The van der Waals surface area contributed by atoms with Crippen molar-refractivity contribution in [3.8, 4) is 0 Å². The molecule has 0 bridgehead atoms. The molecule has 3 rings (SSSR count). The number of carbonyl (C=O) groups is 4. The van der Waals surface area contributed by atoms with Crippen LogP contribution in [0.3, 0.4) is 0 Å². The van der Waals surface area contributed by atoms with E-state index in [1.54, 1.807) is 0 Å². The van der Waals surface area contributed by atoms with Crippen molar-refractivity contribution in [3.63, 3.8) is 0 Å². The number of carboxylic acids is 1. The Labute approximate surface area is 252 Å². The number of aliphatic carboxylic acids is 1.